The summed E-state index contributed by atoms with van der Waals surface area (Å²) < 4.78 is 0. The monoisotopic (exact) mass is 278 g/mol. The maximum absolute atomic E-state index is 11.4. The van der Waals surface area contributed by atoms with E-state index in [0.29, 0.717) is 12.2 Å². The number of carbonyl (C=O) groups is 1. The highest BCUT2D eigenvalue weighted by molar-refractivity contribution is 7.99. The van der Waals surface area contributed by atoms with E-state index in [1.54, 1.807) is 11.8 Å². The van der Waals surface area contributed by atoms with Gasteiger partial charge in [0.1, 0.15) is 0 Å². The van der Waals surface area contributed by atoms with Gasteiger partial charge in [-0.3, -0.25) is 4.79 Å². The third kappa shape index (κ3) is 7.20. The van der Waals surface area contributed by atoms with Crippen LogP contribution in [0.2, 0.25) is 0 Å². The Kier molecular flexibility index (Phi) is 9.45. The number of hydrogen-bond donors (Lipinski definition) is 4. The third-order valence-electron chi connectivity index (χ3n) is 2.80. The summed E-state index contributed by atoms with van der Waals surface area (Å²) in [7, 11) is 0. The molecule has 0 aromatic heterocycles. The normalized spacial score (nSPS) is 16.2. The number of primary amides is 1. The molecular weight excluding hydrogens is 252 g/mol. The molecule has 1 amide bonds. The first kappa shape index (κ1) is 17.7. The van der Waals surface area contributed by atoms with Crippen molar-refractivity contribution in [2.24, 2.45) is 5.73 Å². The van der Waals surface area contributed by atoms with E-state index in [9.17, 15) is 4.79 Å². The number of thioether (sulfide) groups is 1. The van der Waals surface area contributed by atoms with E-state index < -0.39 is 11.6 Å². The topological polar surface area (TPSA) is 95.6 Å². The summed E-state index contributed by atoms with van der Waals surface area (Å²) in [6.07, 6.45) is 1.83. The van der Waals surface area contributed by atoms with Crippen LogP contribution in [0.5, 0.6) is 0 Å². The lowest BCUT2D eigenvalue weighted by Gasteiger charge is -2.27. The number of nitrogens with two attached hydrogens (primary N) is 1. The summed E-state index contributed by atoms with van der Waals surface area (Å²) in [6, 6.07) is 0. The molecule has 0 aliphatic heterocycles. The van der Waals surface area contributed by atoms with Crippen molar-refractivity contribution in [1.29, 1.82) is 0 Å². The van der Waals surface area contributed by atoms with Gasteiger partial charge in [0.15, 0.2) is 0 Å². The van der Waals surface area contributed by atoms with E-state index in [0.717, 1.165) is 25.1 Å². The molecule has 0 radical (unpaired) electrons. The zero-order valence-electron chi connectivity index (χ0n) is 11.3. The SMILES string of the molecule is CCCNC(C)(CCCSCC(O)CO)C(N)=O. The molecule has 108 valence electrons. The summed E-state index contributed by atoms with van der Waals surface area (Å²) in [6.45, 7) is 4.44. The van der Waals surface area contributed by atoms with Crippen LogP contribution in [0.4, 0.5) is 0 Å². The molecule has 0 aliphatic carbocycles. The molecule has 2 unspecified atom stereocenters. The van der Waals surface area contributed by atoms with Gasteiger partial charge < -0.3 is 21.3 Å². The van der Waals surface area contributed by atoms with Crippen molar-refractivity contribution in [3.8, 4) is 0 Å². The van der Waals surface area contributed by atoms with E-state index in [4.69, 9.17) is 15.9 Å². The average molecular weight is 278 g/mol. The third-order valence-corrected chi connectivity index (χ3v) is 3.99. The van der Waals surface area contributed by atoms with Crippen LogP contribution >= 0.6 is 11.8 Å². The zero-order valence-corrected chi connectivity index (χ0v) is 12.1. The van der Waals surface area contributed by atoms with E-state index in [-0.39, 0.29) is 12.5 Å². The Bertz CT molecular complexity index is 241. The Morgan fingerprint density at radius 2 is 2.22 bits per heavy atom. The van der Waals surface area contributed by atoms with Crippen LogP contribution in [0.3, 0.4) is 0 Å². The standard InChI is InChI=1S/C12H26N2O3S/c1-3-6-14-12(2,11(13)17)5-4-7-18-9-10(16)8-15/h10,14-16H,3-9H2,1-2H3,(H2,13,17). The van der Waals surface area contributed by atoms with E-state index in [1.807, 2.05) is 13.8 Å². The predicted octanol–water partition coefficient (Wildman–Crippen LogP) is 0.0966. The number of aliphatic hydroxyl groups is 2. The summed E-state index contributed by atoms with van der Waals surface area (Å²) in [5.74, 6) is 1.04. The molecule has 0 spiro atoms. The van der Waals surface area contributed by atoms with Gasteiger partial charge in [-0.25, -0.2) is 0 Å². The predicted molar refractivity (Wildman–Crippen MR) is 75.5 cm³/mol. The Balaban J connectivity index is 3.87. The molecule has 2 atom stereocenters. The Hall–Kier alpha value is -0.300. The van der Waals surface area contributed by atoms with Gasteiger partial charge in [-0.05, 0) is 38.5 Å². The lowest BCUT2D eigenvalue weighted by molar-refractivity contribution is -0.124. The van der Waals surface area contributed by atoms with Crippen LogP contribution in [0, 0.1) is 0 Å². The number of aliphatic hydroxyl groups excluding tert-OH is 2. The van der Waals surface area contributed by atoms with Gasteiger partial charge in [-0.2, -0.15) is 11.8 Å². The molecule has 0 saturated heterocycles. The molecule has 18 heavy (non-hydrogen) atoms. The van der Waals surface area contributed by atoms with Crippen molar-refractivity contribution in [1.82, 2.24) is 5.32 Å². The fraction of sp³-hybridized carbons (Fsp3) is 0.917. The molecule has 0 aromatic rings. The van der Waals surface area contributed by atoms with Crippen LogP contribution < -0.4 is 11.1 Å². The molecule has 0 fully saturated rings. The summed E-state index contributed by atoms with van der Waals surface area (Å²) in [5.41, 5.74) is 4.77. The summed E-state index contributed by atoms with van der Waals surface area (Å²) >= 11 is 1.57. The van der Waals surface area contributed by atoms with Crippen molar-refractivity contribution >= 4 is 17.7 Å². The zero-order chi connectivity index (χ0) is 14.0. The number of hydrogen-bond acceptors (Lipinski definition) is 5. The lowest BCUT2D eigenvalue weighted by atomic mass is 9.95. The average Bonchev–Trinajstić information content (AvgIpc) is 2.35. The molecule has 0 bridgehead atoms. The second-order valence-corrected chi connectivity index (χ2v) is 5.79. The molecule has 5 nitrogen and oxygen atoms in total. The van der Waals surface area contributed by atoms with Crippen molar-refractivity contribution in [3.05, 3.63) is 0 Å². The molecule has 0 rings (SSSR count). The summed E-state index contributed by atoms with van der Waals surface area (Å²) in [5, 5.41) is 21.0. The molecule has 0 saturated carbocycles. The Labute approximate surface area is 114 Å². The Morgan fingerprint density at radius 1 is 1.56 bits per heavy atom. The highest BCUT2D eigenvalue weighted by atomic mass is 32.2. The van der Waals surface area contributed by atoms with Gasteiger partial charge in [-0.15, -0.1) is 0 Å². The minimum atomic E-state index is -0.657. The lowest BCUT2D eigenvalue weighted by Crippen LogP contribution is -2.53. The smallest absolute Gasteiger partial charge is 0.237 e. The second kappa shape index (κ2) is 9.61. The fourth-order valence-corrected chi connectivity index (χ4v) is 2.39. The van der Waals surface area contributed by atoms with Crippen molar-refractivity contribution < 1.29 is 15.0 Å². The van der Waals surface area contributed by atoms with Crippen LogP contribution in [-0.4, -0.2) is 52.4 Å². The number of carbonyl (C=O) groups excluding carboxylic acids is 1. The van der Waals surface area contributed by atoms with Gasteiger partial charge in [-0.1, -0.05) is 6.92 Å². The largest absolute Gasteiger partial charge is 0.394 e. The first-order valence-electron chi connectivity index (χ1n) is 6.38. The van der Waals surface area contributed by atoms with E-state index >= 15 is 0 Å². The first-order valence-corrected chi connectivity index (χ1v) is 7.53. The van der Waals surface area contributed by atoms with Crippen molar-refractivity contribution in [2.45, 2.75) is 44.8 Å². The molecule has 5 N–H and O–H groups in total. The minimum Gasteiger partial charge on any atom is -0.394 e. The number of amides is 1. The van der Waals surface area contributed by atoms with Crippen molar-refractivity contribution in [3.63, 3.8) is 0 Å². The molecule has 0 aliphatic rings. The van der Waals surface area contributed by atoms with Gasteiger partial charge in [0.25, 0.3) is 0 Å². The molecular formula is C12H26N2O3S. The van der Waals surface area contributed by atoms with Crippen LogP contribution in [0.1, 0.15) is 33.1 Å². The van der Waals surface area contributed by atoms with Gasteiger partial charge in [0.2, 0.25) is 5.91 Å². The number of rotatable bonds is 11. The quantitative estimate of drug-likeness (QED) is 0.402. The van der Waals surface area contributed by atoms with E-state index in [2.05, 4.69) is 5.32 Å². The highest BCUT2D eigenvalue weighted by Crippen LogP contribution is 2.15. The molecule has 0 heterocycles. The Morgan fingerprint density at radius 3 is 2.72 bits per heavy atom. The molecule has 6 heteroatoms. The second-order valence-electron chi connectivity index (χ2n) is 4.64. The summed E-state index contributed by atoms with van der Waals surface area (Å²) in [4.78, 5) is 11.4. The van der Waals surface area contributed by atoms with Crippen LogP contribution in [0.15, 0.2) is 0 Å². The first-order chi connectivity index (χ1) is 8.46. The maximum atomic E-state index is 11.4. The maximum Gasteiger partial charge on any atom is 0.237 e. The van der Waals surface area contributed by atoms with Crippen molar-refractivity contribution in [2.75, 3.05) is 24.7 Å². The number of nitrogens with one attached hydrogen (secondary N) is 1. The molecule has 0 aromatic carbocycles. The van der Waals surface area contributed by atoms with Gasteiger partial charge in [0.05, 0.1) is 18.2 Å². The van der Waals surface area contributed by atoms with E-state index in [1.165, 1.54) is 0 Å². The fourth-order valence-electron chi connectivity index (χ4n) is 1.50. The van der Waals surface area contributed by atoms with Crippen LogP contribution in [0.25, 0.3) is 0 Å². The van der Waals surface area contributed by atoms with Crippen LogP contribution in [-0.2, 0) is 4.79 Å². The highest BCUT2D eigenvalue weighted by Gasteiger charge is 2.29. The van der Waals surface area contributed by atoms with Gasteiger partial charge in [0, 0.05) is 5.75 Å². The minimum absolute atomic E-state index is 0.204. The van der Waals surface area contributed by atoms with Gasteiger partial charge >= 0.3 is 0 Å².